The Hall–Kier alpha value is -1.31. The van der Waals surface area contributed by atoms with Gasteiger partial charge in [-0.1, -0.05) is 6.07 Å². The second-order valence-corrected chi connectivity index (χ2v) is 3.65. The molecule has 1 aliphatic rings. The first-order chi connectivity index (χ1) is 6.29. The van der Waals surface area contributed by atoms with Crippen molar-refractivity contribution in [3.05, 3.63) is 29.3 Å². The maximum atomic E-state index is 10.7. The molecule has 0 radical (unpaired) electrons. The summed E-state index contributed by atoms with van der Waals surface area (Å²) in [5.74, 6) is 0.935. The molecule has 1 N–H and O–H groups in total. The molecule has 2 nitrogen and oxygen atoms in total. The number of aromatic hydroxyl groups is 1. The van der Waals surface area contributed by atoms with Gasteiger partial charge in [0.2, 0.25) is 0 Å². The maximum absolute atomic E-state index is 10.7. The highest BCUT2D eigenvalue weighted by atomic mass is 16.3. The Balaban J connectivity index is 2.25. The lowest BCUT2D eigenvalue weighted by Crippen LogP contribution is -1.93. The Morgan fingerprint density at radius 2 is 2.23 bits per heavy atom. The van der Waals surface area contributed by atoms with E-state index in [1.165, 1.54) is 18.9 Å². The first-order valence-electron chi connectivity index (χ1n) is 4.56. The van der Waals surface area contributed by atoms with Gasteiger partial charge in [0.05, 0.1) is 0 Å². The van der Waals surface area contributed by atoms with Crippen molar-refractivity contribution in [2.24, 2.45) is 5.92 Å². The molecule has 0 aromatic heterocycles. The summed E-state index contributed by atoms with van der Waals surface area (Å²) in [6.45, 7) is 0. The van der Waals surface area contributed by atoms with Crippen LogP contribution in [0.4, 0.5) is 0 Å². The lowest BCUT2D eigenvalue weighted by atomic mass is 10.0. The van der Waals surface area contributed by atoms with Gasteiger partial charge in [0.15, 0.2) is 0 Å². The predicted molar refractivity (Wildman–Crippen MR) is 49.9 cm³/mol. The Bertz CT molecular complexity index is 327. The van der Waals surface area contributed by atoms with Gasteiger partial charge in [0.25, 0.3) is 0 Å². The fourth-order valence-corrected chi connectivity index (χ4v) is 1.51. The fourth-order valence-electron chi connectivity index (χ4n) is 1.51. The van der Waals surface area contributed by atoms with Gasteiger partial charge in [-0.3, -0.25) is 4.79 Å². The smallest absolute Gasteiger partial charge is 0.150 e. The average molecular weight is 176 g/mol. The topological polar surface area (TPSA) is 37.3 Å². The van der Waals surface area contributed by atoms with E-state index >= 15 is 0 Å². The number of benzene rings is 1. The molecule has 0 spiro atoms. The normalized spacial score (nSPS) is 15.7. The monoisotopic (exact) mass is 176 g/mol. The highest BCUT2D eigenvalue weighted by Crippen LogP contribution is 2.33. The third-order valence-electron chi connectivity index (χ3n) is 2.46. The zero-order valence-electron chi connectivity index (χ0n) is 7.36. The largest absolute Gasteiger partial charge is 0.508 e. The van der Waals surface area contributed by atoms with Gasteiger partial charge in [-0.15, -0.1) is 0 Å². The van der Waals surface area contributed by atoms with Crippen molar-refractivity contribution in [1.29, 1.82) is 0 Å². The highest BCUT2D eigenvalue weighted by Gasteiger charge is 2.22. The number of carbonyl (C=O) groups is 1. The van der Waals surface area contributed by atoms with Crippen LogP contribution in [0, 0.1) is 5.92 Å². The molecule has 0 amide bonds. The summed E-state index contributed by atoms with van der Waals surface area (Å²) in [6.07, 6.45) is 4.35. The average Bonchev–Trinajstić information content (AvgIpc) is 2.92. The van der Waals surface area contributed by atoms with E-state index < -0.39 is 0 Å². The van der Waals surface area contributed by atoms with Crippen LogP contribution in [0.15, 0.2) is 18.2 Å². The van der Waals surface area contributed by atoms with Crippen LogP contribution in [0.5, 0.6) is 5.75 Å². The molecule has 1 aromatic carbocycles. The van der Waals surface area contributed by atoms with Crippen LogP contribution in [-0.4, -0.2) is 11.4 Å². The van der Waals surface area contributed by atoms with Crippen LogP contribution in [-0.2, 0) is 6.42 Å². The van der Waals surface area contributed by atoms with Crippen molar-refractivity contribution in [3.63, 3.8) is 0 Å². The van der Waals surface area contributed by atoms with Crippen molar-refractivity contribution in [2.75, 3.05) is 0 Å². The third-order valence-corrected chi connectivity index (χ3v) is 2.46. The van der Waals surface area contributed by atoms with Gasteiger partial charge in [-0.2, -0.15) is 0 Å². The van der Waals surface area contributed by atoms with Crippen molar-refractivity contribution in [2.45, 2.75) is 19.3 Å². The van der Waals surface area contributed by atoms with Crippen LogP contribution < -0.4 is 0 Å². The third kappa shape index (κ3) is 1.89. The molecule has 0 bridgehead atoms. The van der Waals surface area contributed by atoms with Crippen LogP contribution in [0.2, 0.25) is 0 Å². The minimum atomic E-state index is 0.168. The number of carbonyl (C=O) groups excluding carboxylic acids is 1. The molecule has 0 saturated heterocycles. The number of hydrogen-bond donors (Lipinski definition) is 1. The second-order valence-electron chi connectivity index (χ2n) is 3.65. The predicted octanol–water partition coefficient (Wildman–Crippen LogP) is 2.16. The van der Waals surface area contributed by atoms with Gasteiger partial charge >= 0.3 is 0 Å². The number of hydrogen-bond acceptors (Lipinski definition) is 2. The highest BCUT2D eigenvalue weighted by molar-refractivity contribution is 5.78. The fraction of sp³-hybridized carbons (Fsp3) is 0.364. The lowest BCUT2D eigenvalue weighted by Gasteiger charge is -2.03. The SMILES string of the molecule is O=Cc1cc(O)ccc1CC1CC1. The molecule has 2 rings (SSSR count). The van der Waals surface area contributed by atoms with Gasteiger partial charge < -0.3 is 5.11 Å². The minimum absolute atomic E-state index is 0.168. The zero-order valence-corrected chi connectivity index (χ0v) is 7.36. The molecule has 1 aromatic rings. The molecule has 68 valence electrons. The summed E-state index contributed by atoms with van der Waals surface area (Å²) in [4.78, 5) is 10.7. The Morgan fingerprint density at radius 3 is 2.85 bits per heavy atom. The Labute approximate surface area is 77.2 Å². The summed E-state index contributed by atoms with van der Waals surface area (Å²) in [6, 6.07) is 5.02. The molecule has 0 heterocycles. The van der Waals surface area contributed by atoms with E-state index in [9.17, 15) is 4.79 Å². The first-order valence-corrected chi connectivity index (χ1v) is 4.56. The van der Waals surface area contributed by atoms with Crippen molar-refractivity contribution in [3.8, 4) is 5.75 Å². The van der Waals surface area contributed by atoms with Gasteiger partial charge in [-0.25, -0.2) is 0 Å². The molecule has 2 heteroatoms. The van der Waals surface area contributed by atoms with E-state index in [1.54, 1.807) is 6.07 Å². The lowest BCUT2D eigenvalue weighted by molar-refractivity contribution is 0.112. The Morgan fingerprint density at radius 1 is 1.46 bits per heavy atom. The van der Waals surface area contributed by atoms with Crippen molar-refractivity contribution < 1.29 is 9.90 Å². The Kier molecular flexibility index (Phi) is 2.05. The number of phenols is 1. The number of aldehydes is 1. The summed E-state index contributed by atoms with van der Waals surface area (Å²) >= 11 is 0. The van der Waals surface area contributed by atoms with E-state index in [2.05, 4.69) is 0 Å². The molecule has 0 aliphatic heterocycles. The van der Waals surface area contributed by atoms with Gasteiger partial charge in [0, 0.05) is 5.56 Å². The first kappa shape index (κ1) is 8.30. The minimum Gasteiger partial charge on any atom is -0.508 e. The van der Waals surface area contributed by atoms with Crippen LogP contribution >= 0.6 is 0 Å². The summed E-state index contributed by atoms with van der Waals surface area (Å²) in [5, 5.41) is 9.16. The summed E-state index contributed by atoms with van der Waals surface area (Å²) in [7, 11) is 0. The van der Waals surface area contributed by atoms with Crippen molar-refractivity contribution in [1.82, 2.24) is 0 Å². The van der Waals surface area contributed by atoms with Crippen LogP contribution in [0.25, 0.3) is 0 Å². The van der Waals surface area contributed by atoms with E-state index in [0.717, 1.165) is 24.2 Å². The van der Waals surface area contributed by atoms with Gasteiger partial charge in [0.1, 0.15) is 12.0 Å². The van der Waals surface area contributed by atoms with E-state index in [4.69, 9.17) is 5.11 Å². The molecular formula is C11H12O2. The number of rotatable bonds is 3. The van der Waals surface area contributed by atoms with E-state index in [1.807, 2.05) is 6.07 Å². The quantitative estimate of drug-likeness (QED) is 0.716. The maximum Gasteiger partial charge on any atom is 0.150 e. The second kappa shape index (κ2) is 3.21. The summed E-state index contributed by atoms with van der Waals surface area (Å²) in [5.41, 5.74) is 1.70. The van der Waals surface area contributed by atoms with E-state index in [-0.39, 0.29) is 5.75 Å². The molecule has 0 unspecified atom stereocenters. The molecule has 1 fully saturated rings. The summed E-state index contributed by atoms with van der Waals surface area (Å²) < 4.78 is 0. The van der Waals surface area contributed by atoms with Gasteiger partial charge in [-0.05, 0) is 42.9 Å². The standard InChI is InChI=1S/C11H12O2/c12-7-10-6-11(13)4-3-9(10)5-8-1-2-8/h3-4,6-8,13H,1-2,5H2. The van der Waals surface area contributed by atoms with Crippen LogP contribution in [0.1, 0.15) is 28.8 Å². The molecule has 1 saturated carbocycles. The molecule has 13 heavy (non-hydrogen) atoms. The van der Waals surface area contributed by atoms with E-state index in [0.29, 0.717) is 5.56 Å². The van der Waals surface area contributed by atoms with Crippen molar-refractivity contribution >= 4 is 6.29 Å². The molecule has 1 aliphatic carbocycles. The number of phenolic OH excluding ortho intramolecular Hbond substituents is 1. The van der Waals surface area contributed by atoms with Crippen LogP contribution in [0.3, 0.4) is 0 Å². The molecular weight excluding hydrogens is 164 g/mol. The zero-order chi connectivity index (χ0) is 9.26. The molecule has 0 atom stereocenters.